The number of hydrogen-bond donors (Lipinski definition) is 3. The first kappa shape index (κ1) is 26.1. The zero-order chi connectivity index (χ0) is 27.1. The van der Waals surface area contributed by atoms with Crippen LogP contribution in [0.5, 0.6) is 0 Å². The minimum Gasteiger partial charge on any atom is -0.367 e. The van der Waals surface area contributed by atoms with E-state index in [0.29, 0.717) is 33.3 Å². The topological polar surface area (TPSA) is 112 Å². The van der Waals surface area contributed by atoms with E-state index in [9.17, 15) is 4.79 Å². The van der Waals surface area contributed by atoms with E-state index in [-0.39, 0.29) is 18.1 Å². The van der Waals surface area contributed by atoms with Gasteiger partial charge in [0.1, 0.15) is 16.5 Å². The summed E-state index contributed by atoms with van der Waals surface area (Å²) in [5.41, 5.74) is 3.06. The zero-order valence-electron chi connectivity index (χ0n) is 22.5. The van der Waals surface area contributed by atoms with Crippen molar-refractivity contribution in [2.75, 3.05) is 18.4 Å². The number of thioether (sulfide) groups is 1. The molecule has 5 heterocycles. The van der Waals surface area contributed by atoms with Gasteiger partial charge in [-0.3, -0.25) is 0 Å². The molecule has 3 aromatic rings. The number of hydrogen-bond acceptors (Lipinski definition) is 7. The largest absolute Gasteiger partial charge is 0.367 e. The van der Waals surface area contributed by atoms with Gasteiger partial charge in [0.2, 0.25) is 0 Å². The third-order valence-corrected chi connectivity index (χ3v) is 10.4. The molecule has 0 spiro atoms. The predicted molar refractivity (Wildman–Crippen MR) is 160 cm³/mol. The van der Waals surface area contributed by atoms with Gasteiger partial charge in [-0.25, -0.2) is 24.7 Å². The standard InChI is InChI=1S/C29H35ClN8OS/c30-24-16-32-28-26(36-24)20(15-31-28)27-35-21(23-12-17-6-1-2-9-22(17)40-23)14-25(37-27)33-18-7-5-8-19(13-18)34-29(39)38-10-3-4-11-38/h12,14-19,22H,1-11,13H2,(H,31,32)(H,34,39)(H,33,35,37). The molecule has 9 nitrogen and oxygen atoms in total. The van der Waals surface area contributed by atoms with Crippen molar-refractivity contribution in [3.8, 4) is 11.4 Å². The fraction of sp³-hybridized carbons (Fsp3) is 0.552. The second kappa shape index (κ2) is 11.2. The van der Waals surface area contributed by atoms with E-state index in [2.05, 4.69) is 37.7 Å². The van der Waals surface area contributed by atoms with E-state index < -0.39 is 0 Å². The molecule has 3 N–H and O–H groups in total. The Hall–Kier alpha value is -2.85. The number of allylic oxidation sites excluding steroid dienone is 1. The van der Waals surface area contributed by atoms with E-state index in [1.165, 1.54) is 36.8 Å². The molecule has 2 saturated carbocycles. The SMILES string of the molecule is O=C(NC1CCCC(Nc2cc(C3=CC4CCCCC4S3)nc(-c3c[nH]c4ncc(Cl)nc34)n2)C1)N1CCCC1. The maximum Gasteiger partial charge on any atom is 0.317 e. The van der Waals surface area contributed by atoms with Gasteiger partial charge in [0, 0.05) is 47.6 Å². The van der Waals surface area contributed by atoms with Gasteiger partial charge < -0.3 is 20.5 Å². The molecular formula is C29H35ClN8OS. The Morgan fingerprint density at radius 2 is 1.88 bits per heavy atom. The highest BCUT2D eigenvalue weighted by molar-refractivity contribution is 8.09. The third-order valence-electron chi connectivity index (χ3n) is 8.72. The van der Waals surface area contributed by atoms with Gasteiger partial charge in [0.15, 0.2) is 11.5 Å². The van der Waals surface area contributed by atoms with Gasteiger partial charge >= 0.3 is 6.03 Å². The number of rotatable bonds is 5. The van der Waals surface area contributed by atoms with E-state index in [1.807, 2.05) is 22.9 Å². The Labute approximate surface area is 243 Å². The van der Waals surface area contributed by atoms with Gasteiger partial charge in [-0.15, -0.1) is 11.8 Å². The van der Waals surface area contributed by atoms with Crippen molar-refractivity contribution in [1.82, 2.24) is 35.1 Å². The zero-order valence-corrected chi connectivity index (χ0v) is 24.1. The van der Waals surface area contributed by atoms with Crippen LogP contribution in [0.2, 0.25) is 5.15 Å². The molecule has 1 saturated heterocycles. The fourth-order valence-electron chi connectivity index (χ4n) is 6.66. The first-order valence-electron chi connectivity index (χ1n) is 14.7. The van der Waals surface area contributed by atoms with Crippen molar-refractivity contribution in [2.24, 2.45) is 5.92 Å². The van der Waals surface area contributed by atoms with Gasteiger partial charge in [0.25, 0.3) is 0 Å². The minimum atomic E-state index is 0.0838. The van der Waals surface area contributed by atoms with Gasteiger partial charge in [-0.2, -0.15) is 0 Å². The molecule has 40 heavy (non-hydrogen) atoms. The molecule has 3 fully saturated rings. The molecule has 2 amide bonds. The molecule has 0 aromatic carbocycles. The van der Waals surface area contributed by atoms with Gasteiger partial charge in [0.05, 0.1) is 17.5 Å². The summed E-state index contributed by atoms with van der Waals surface area (Å²) in [7, 11) is 0. The van der Waals surface area contributed by atoms with Crippen molar-refractivity contribution in [3.63, 3.8) is 0 Å². The molecule has 11 heteroatoms. The Kier molecular flexibility index (Phi) is 7.30. The summed E-state index contributed by atoms with van der Waals surface area (Å²) in [5, 5.41) is 7.99. The monoisotopic (exact) mass is 578 g/mol. The molecule has 2 aliphatic heterocycles. The number of nitrogens with one attached hydrogen (secondary N) is 3. The number of anilines is 1. The van der Waals surface area contributed by atoms with Crippen LogP contribution in [-0.4, -0.2) is 66.3 Å². The maximum atomic E-state index is 12.7. The third kappa shape index (κ3) is 5.40. The molecule has 2 aliphatic carbocycles. The molecular weight excluding hydrogens is 544 g/mol. The van der Waals surface area contributed by atoms with Crippen LogP contribution in [-0.2, 0) is 0 Å². The van der Waals surface area contributed by atoms with Crippen LogP contribution < -0.4 is 10.6 Å². The van der Waals surface area contributed by atoms with Crippen LogP contribution in [0.1, 0.15) is 69.9 Å². The lowest BCUT2D eigenvalue weighted by molar-refractivity contribution is 0.200. The highest BCUT2D eigenvalue weighted by Crippen LogP contribution is 2.48. The summed E-state index contributed by atoms with van der Waals surface area (Å²) in [6.45, 7) is 1.73. The lowest BCUT2D eigenvalue weighted by Gasteiger charge is -2.32. The number of H-pyrrole nitrogens is 1. The minimum absolute atomic E-state index is 0.0838. The van der Waals surface area contributed by atoms with E-state index in [1.54, 1.807) is 0 Å². The first-order chi connectivity index (χ1) is 19.6. The summed E-state index contributed by atoms with van der Waals surface area (Å²) in [4.78, 5) is 38.0. The predicted octanol–water partition coefficient (Wildman–Crippen LogP) is 6.24. The number of fused-ring (bicyclic) bond motifs is 2. The van der Waals surface area contributed by atoms with Crippen LogP contribution >= 0.6 is 23.4 Å². The highest BCUT2D eigenvalue weighted by Gasteiger charge is 2.32. The lowest BCUT2D eigenvalue weighted by atomic mass is 9.88. The number of carbonyl (C=O) groups excluding carboxylic acids is 1. The van der Waals surface area contributed by atoms with Crippen LogP contribution in [0.3, 0.4) is 0 Å². The van der Waals surface area contributed by atoms with Crippen LogP contribution in [0, 0.1) is 5.92 Å². The number of likely N-dealkylation sites (tertiary alicyclic amines) is 1. The molecule has 4 aliphatic rings. The number of aromatic nitrogens is 5. The molecule has 7 rings (SSSR count). The number of halogens is 1. The van der Waals surface area contributed by atoms with E-state index in [4.69, 9.17) is 21.6 Å². The lowest BCUT2D eigenvalue weighted by Crippen LogP contribution is -2.47. The second-order valence-corrected chi connectivity index (χ2v) is 13.2. The normalized spacial score (nSPS) is 26.5. The number of aromatic amines is 1. The molecule has 3 aromatic heterocycles. The highest BCUT2D eigenvalue weighted by atomic mass is 35.5. The number of nitrogens with zero attached hydrogens (tertiary/aromatic N) is 5. The van der Waals surface area contributed by atoms with Crippen LogP contribution in [0.15, 0.2) is 24.5 Å². The summed E-state index contributed by atoms with van der Waals surface area (Å²) >= 11 is 8.17. The van der Waals surface area contributed by atoms with Crippen LogP contribution in [0.25, 0.3) is 27.5 Å². The van der Waals surface area contributed by atoms with Crippen molar-refractivity contribution < 1.29 is 4.79 Å². The van der Waals surface area contributed by atoms with Crippen molar-refractivity contribution >= 4 is 51.3 Å². The number of carbonyl (C=O) groups is 1. The van der Waals surface area contributed by atoms with Crippen molar-refractivity contribution in [3.05, 3.63) is 35.4 Å². The first-order valence-corrected chi connectivity index (χ1v) is 15.9. The average Bonchev–Trinajstić information content (AvgIpc) is 3.73. The Bertz CT molecular complexity index is 1440. The second-order valence-electron chi connectivity index (χ2n) is 11.5. The summed E-state index contributed by atoms with van der Waals surface area (Å²) in [6, 6.07) is 2.57. The number of amides is 2. The van der Waals surface area contributed by atoms with Crippen LogP contribution in [0.4, 0.5) is 10.6 Å². The average molecular weight is 579 g/mol. The molecule has 210 valence electrons. The van der Waals surface area contributed by atoms with E-state index in [0.717, 1.165) is 68.7 Å². The van der Waals surface area contributed by atoms with E-state index >= 15 is 0 Å². The summed E-state index contributed by atoms with van der Waals surface area (Å²) in [6.07, 6.45) is 17.2. The molecule has 0 bridgehead atoms. The van der Waals surface area contributed by atoms with Crippen molar-refractivity contribution in [1.29, 1.82) is 0 Å². The van der Waals surface area contributed by atoms with Gasteiger partial charge in [-0.05, 0) is 57.3 Å². The Balaban J connectivity index is 1.17. The van der Waals surface area contributed by atoms with Gasteiger partial charge in [-0.1, -0.05) is 30.5 Å². The summed E-state index contributed by atoms with van der Waals surface area (Å²) < 4.78 is 0. The Morgan fingerprint density at radius 3 is 2.75 bits per heavy atom. The Morgan fingerprint density at radius 1 is 1.02 bits per heavy atom. The smallest absolute Gasteiger partial charge is 0.317 e. The van der Waals surface area contributed by atoms with Crippen molar-refractivity contribution in [2.45, 2.75) is 81.5 Å². The maximum absolute atomic E-state index is 12.7. The fourth-order valence-corrected chi connectivity index (χ4v) is 8.27. The quantitative estimate of drug-likeness (QED) is 0.328. The molecule has 4 unspecified atom stereocenters. The molecule has 4 atom stereocenters. The summed E-state index contributed by atoms with van der Waals surface area (Å²) in [5.74, 6) is 2.03. The number of urea groups is 1. The molecule has 0 radical (unpaired) electrons.